The fourth-order valence-corrected chi connectivity index (χ4v) is 2.26. The molecule has 0 spiro atoms. The smallest absolute Gasteiger partial charge is 0.271 e. The first-order chi connectivity index (χ1) is 11.5. The molecular weight excluding hydrogens is 313 g/mol. The molecule has 24 heavy (non-hydrogen) atoms. The van der Waals surface area contributed by atoms with Crippen LogP contribution in [0.3, 0.4) is 0 Å². The topological polar surface area (TPSA) is 83.2 Å². The number of carbonyl (C=O) groups excluding carboxylic acids is 2. The van der Waals surface area contributed by atoms with E-state index in [4.69, 9.17) is 4.74 Å². The molecule has 0 saturated heterocycles. The van der Waals surface area contributed by atoms with E-state index < -0.39 is 17.8 Å². The van der Waals surface area contributed by atoms with E-state index >= 15 is 0 Å². The Morgan fingerprint density at radius 2 is 2.00 bits per heavy atom. The summed E-state index contributed by atoms with van der Waals surface area (Å²) in [7, 11) is 1.47. The van der Waals surface area contributed by atoms with Gasteiger partial charge in [-0.15, -0.1) is 0 Å². The van der Waals surface area contributed by atoms with Crippen LogP contribution in [-0.4, -0.2) is 30.4 Å². The Morgan fingerprint density at radius 3 is 2.62 bits per heavy atom. The highest BCUT2D eigenvalue weighted by Gasteiger charge is 2.22. The van der Waals surface area contributed by atoms with Gasteiger partial charge in [-0.2, -0.15) is 0 Å². The zero-order valence-electron chi connectivity index (χ0n) is 13.8. The summed E-state index contributed by atoms with van der Waals surface area (Å²) in [6.45, 7) is 3.91. The minimum Gasteiger partial charge on any atom is -0.483 e. The third-order valence-corrected chi connectivity index (χ3v) is 3.46. The van der Waals surface area contributed by atoms with Crippen molar-refractivity contribution < 1.29 is 18.7 Å². The van der Waals surface area contributed by atoms with Gasteiger partial charge in [0.15, 0.2) is 5.75 Å². The molecule has 0 saturated carbocycles. The number of hydrogen-bond donors (Lipinski definition) is 3. The largest absolute Gasteiger partial charge is 0.483 e. The molecule has 2 aromatic rings. The third-order valence-electron chi connectivity index (χ3n) is 3.46. The predicted molar refractivity (Wildman–Crippen MR) is 87.6 cm³/mol. The fraction of sp³-hybridized carbons (Fsp3) is 0.294. The Labute approximate surface area is 139 Å². The highest BCUT2D eigenvalue weighted by molar-refractivity contribution is 5.99. The second-order valence-corrected chi connectivity index (χ2v) is 5.14. The Balaban J connectivity index is 2.32. The average molecular weight is 333 g/mol. The van der Waals surface area contributed by atoms with Crippen LogP contribution in [0.1, 0.15) is 46.5 Å². The van der Waals surface area contributed by atoms with Gasteiger partial charge in [0.05, 0.1) is 0 Å². The molecule has 2 rings (SSSR count). The molecule has 1 aromatic heterocycles. The maximum Gasteiger partial charge on any atom is 0.271 e. The van der Waals surface area contributed by atoms with Gasteiger partial charge >= 0.3 is 0 Å². The summed E-state index contributed by atoms with van der Waals surface area (Å²) in [6, 6.07) is 7.68. The van der Waals surface area contributed by atoms with Crippen LogP contribution in [0.25, 0.3) is 0 Å². The first kappa shape index (κ1) is 17.5. The molecule has 0 aliphatic rings. The van der Waals surface area contributed by atoms with Gasteiger partial charge in [-0.05, 0) is 19.9 Å². The Hall–Kier alpha value is -2.83. The minimum atomic E-state index is -0.632. The van der Waals surface area contributed by atoms with Gasteiger partial charge in [0, 0.05) is 25.2 Å². The number of aromatic amines is 1. The molecule has 0 aliphatic heterocycles. The van der Waals surface area contributed by atoms with E-state index in [2.05, 4.69) is 15.6 Å². The molecule has 1 aromatic carbocycles. The van der Waals surface area contributed by atoms with Crippen molar-refractivity contribution in [1.29, 1.82) is 0 Å². The van der Waals surface area contributed by atoms with Crippen molar-refractivity contribution in [3.8, 4) is 5.75 Å². The first-order valence-electron chi connectivity index (χ1n) is 7.62. The molecule has 3 N–H and O–H groups in total. The number of halogens is 1. The van der Waals surface area contributed by atoms with E-state index in [-0.39, 0.29) is 23.0 Å². The number of nitrogens with one attached hydrogen (secondary N) is 3. The van der Waals surface area contributed by atoms with Crippen LogP contribution in [0.4, 0.5) is 4.39 Å². The lowest BCUT2D eigenvalue weighted by atomic mass is 10.1. The van der Waals surface area contributed by atoms with E-state index in [1.165, 1.54) is 19.2 Å². The van der Waals surface area contributed by atoms with E-state index in [1.54, 1.807) is 32.0 Å². The second kappa shape index (κ2) is 7.63. The van der Waals surface area contributed by atoms with Gasteiger partial charge in [-0.1, -0.05) is 18.2 Å². The lowest BCUT2D eigenvalue weighted by molar-refractivity contribution is 0.0951. The third kappa shape index (κ3) is 3.73. The Bertz CT molecular complexity index is 742. The molecule has 1 heterocycles. The Morgan fingerprint density at radius 1 is 1.29 bits per heavy atom. The molecule has 1 unspecified atom stereocenters. The molecule has 0 aliphatic carbocycles. The van der Waals surface area contributed by atoms with Gasteiger partial charge < -0.3 is 20.4 Å². The molecule has 2 amide bonds. The van der Waals surface area contributed by atoms with Crippen LogP contribution in [0.5, 0.6) is 5.75 Å². The Kier molecular flexibility index (Phi) is 5.57. The van der Waals surface area contributed by atoms with E-state index in [9.17, 15) is 14.0 Å². The summed E-state index contributed by atoms with van der Waals surface area (Å²) < 4.78 is 19.6. The number of benzene rings is 1. The van der Waals surface area contributed by atoms with Crippen molar-refractivity contribution in [2.75, 3.05) is 13.6 Å². The number of ether oxygens (including phenoxy) is 1. The van der Waals surface area contributed by atoms with Gasteiger partial charge in [-0.3, -0.25) is 9.59 Å². The van der Waals surface area contributed by atoms with Crippen LogP contribution >= 0.6 is 0 Å². The molecule has 0 radical (unpaired) electrons. The van der Waals surface area contributed by atoms with Crippen molar-refractivity contribution in [2.45, 2.75) is 20.0 Å². The molecule has 0 fully saturated rings. The zero-order valence-corrected chi connectivity index (χ0v) is 13.8. The van der Waals surface area contributed by atoms with Crippen LogP contribution < -0.4 is 15.4 Å². The van der Waals surface area contributed by atoms with E-state index in [0.29, 0.717) is 12.1 Å². The monoisotopic (exact) mass is 333 g/mol. The maximum absolute atomic E-state index is 13.9. The fourth-order valence-electron chi connectivity index (χ4n) is 2.26. The summed E-state index contributed by atoms with van der Waals surface area (Å²) in [5.74, 6) is -0.991. The molecule has 128 valence electrons. The molecule has 7 heteroatoms. The molecule has 1 atom stereocenters. The quantitative estimate of drug-likeness (QED) is 0.759. The summed E-state index contributed by atoms with van der Waals surface area (Å²) in [6.07, 6.45) is -0.632. The normalized spacial score (nSPS) is 11.7. The number of carbonyl (C=O) groups is 2. The number of aromatic nitrogens is 1. The van der Waals surface area contributed by atoms with Gasteiger partial charge in [0.25, 0.3) is 11.8 Å². The minimum absolute atomic E-state index is 0.113. The average Bonchev–Trinajstić information content (AvgIpc) is 2.98. The number of H-pyrrole nitrogens is 1. The van der Waals surface area contributed by atoms with Crippen LogP contribution in [-0.2, 0) is 0 Å². The van der Waals surface area contributed by atoms with Crippen molar-refractivity contribution in [3.63, 3.8) is 0 Å². The summed E-state index contributed by atoms with van der Waals surface area (Å²) in [4.78, 5) is 26.7. The standard InChI is InChI=1S/C17H20FN3O3/c1-4-20-16(22)13-9-14(15(21-13)17(23)19-3)24-10(2)11-7-5-6-8-12(11)18/h5-10,21H,4H2,1-3H3,(H,19,23)(H,20,22). The summed E-state index contributed by atoms with van der Waals surface area (Å²) >= 11 is 0. The van der Waals surface area contributed by atoms with Gasteiger partial charge in [-0.25, -0.2) is 4.39 Å². The molecule has 0 bridgehead atoms. The summed E-state index contributed by atoms with van der Waals surface area (Å²) in [5.41, 5.74) is 0.675. The highest BCUT2D eigenvalue weighted by Crippen LogP contribution is 2.27. The van der Waals surface area contributed by atoms with E-state index in [0.717, 1.165) is 0 Å². The van der Waals surface area contributed by atoms with Crippen molar-refractivity contribution in [1.82, 2.24) is 15.6 Å². The zero-order chi connectivity index (χ0) is 17.7. The number of hydrogen-bond acceptors (Lipinski definition) is 3. The van der Waals surface area contributed by atoms with Crippen molar-refractivity contribution in [2.24, 2.45) is 0 Å². The van der Waals surface area contributed by atoms with Gasteiger partial charge in [0.2, 0.25) is 0 Å². The SMILES string of the molecule is CCNC(=O)c1cc(OC(C)c2ccccc2F)c(C(=O)NC)[nH]1. The maximum atomic E-state index is 13.9. The van der Waals surface area contributed by atoms with E-state index in [1.807, 2.05) is 0 Å². The molecule has 6 nitrogen and oxygen atoms in total. The number of rotatable bonds is 6. The lowest BCUT2D eigenvalue weighted by Gasteiger charge is -2.15. The second-order valence-electron chi connectivity index (χ2n) is 5.14. The molecular formula is C17H20FN3O3. The van der Waals surface area contributed by atoms with Crippen LogP contribution in [0.15, 0.2) is 30.3 Å². The predicted octanol–water partition coefficient (Wildman–Crippen LogP) is 2.40. The van der Waals surface area contributed by atoms with Crippen LogP contribution in [0, 0.1) is 5.82 Å². The van der Waals surface area contributed by atoms with Crippen molar-refractivity contribution in [3.05, 3.63) is 53.1 Å². The lowest BCUT2D eigenvalue weighted by Crippen LogP contribution is -2.23. The van der Waals surface area contributed by atoms with Gasteiger partial charge in [0.1, 0.15) is 23.3 Å². The highest BCUT2D eigenvalue weighted by atomic mass is 19.1. The summed E-state index contributed by atoms with van der Waals surface area (Å²) in [5, 5.41) is 5.11. The number of amides is 2. The van der Waals surface area contributed by atoms with Crippen LogP contribution in [0.2, 0.25) is 0 Å². The first-order valence-corrected chi connectivity index (χ1v) is 7.62. The van der Waals surface area contributed by atoms with Crippen molar-refractivity contribution >= 4 is 11.8 Å².